The minimum Gasteiger partial charge on any atom is -0.462 e. The van der Waals surface area contributed by atoms with E-state index in [1.807, 2.05) is 0 Å². The van der Waals surface area contributed by atoms with Crippen LogP contribution in [0.5, 0.6) is 0 Å². The van der Waals surface area contributed by atoms with E-state index in [0.29, 0.717) is 19.3 Å². The van der Waals surface area contributed by atoms with Gasteiger partial charge in [-0.2, -0.15) is 0 Å². The van der Waals surface area contributed by atoms with E-state index in [1.165, 1.54) is 244 Å². The molecule has 0 amide bonds. The Labute approximate surface area is 479 Å². The van der Waals surface area contributed by atoms with Gasteiger partial charge in [0, 0.05) is 19.3 Å². The molecule has 77 heavy (non-hydrogen) atoms. The molecule has 0 radical (unpaired) electrons. The Hall–Kier alpha value is -2.63. The molecule has 1 atom stereocenters. The van der Waals surface area contributed by atoms with Crippen LogP contribution in [0.2, 0.25) is 0 Å². The van der Waals surface area contributed by atoms with Crippen LogP contribution in [0.4, 0.5) is 0 Å². The fraction of sp³-hybridized carbons (Fsp3) is 0.845. The van der Waals surface area contributed by atoms with Crippen molar-refractivity contribution in [1.29, 1.82) is 0 Å². The minimum atomic E-state index is -0.788. The first-order valence-corrected chi connectivity index (χ1v) is 34.1. The molecule has 0 heterocycles. The predicted molar refractivity (Wildman–Crippen MR) is 335 cm³/mol. The van der Waals surface area contributed by atoms with E-state index in [1.54, 1.807) is 0 Å². The Bertz CT molecular complexity index is 1330. The molecule has 0 aromatic rings. The summed E-state index contributed by atoms with van der Waals surface area (Å²) in [4.78, 5) is 38.4. The first-order valence-electron chi connectivity index (χ1n) is 34.1. The van der Waals surface area contributed by atoms with Gasteiger partial charge in [-0.3, -0.25) is 14.4 Å². The average molecular weight is 1080 g/mol. The van der Waals surface area contributed by atoms with Crippen LogP contribution in [-0.4, -0.2) is 37.2 Å². The molecule has 0 aromatic carbocycles. The summed E-state index contributed by atoms with van der Waals surface area (Å²) in [6, 6.07) is 0. The molecule has 0 aliphatic heterocycles. The number of esters is 3. The molecule has 0 saturated heterocycles. The number of hydrogen-bond donors (Lipinski definition) is 0. The molecule has 1 unspecified atom stereocenters. The lowest BCUT2D eigenvalue weighted by molar-refractivity contribution is -0.167. The van der Waals surface area contributed by atoms with Crippen LogP contribution in [0.1, 0.15) is 367 Å². The van der Waals surface area contributed by atoms with Gasteiger partial charge in [-0.1, -0.05) is 339 Å². The van der Waals surface area contributed by atoms with Crippen LogP contribution in [-0.2, 0) is 28.6 Å². The smallest absolute Gasteiger partial charge is 0.306 e. The first kappa shape index (κ1) is 74.4. The van der Waals surface area contributed by atoms with Crippen molar-refractivity contribution in [2.45, 2.75) is 374 Å². The SMILES string of the molecule is CC/C=C\C/C=C\C/C=C\C/C=C\CCCCC(=O)OCC(COC(=O)CCCCCCCCCCCCCCCCCCCCCCCCCC)OC(=O)CCCCCCCCCCCCCCCCCCCCCC. The monoisotopic (exact) mass is 1080 g/mol. The van der Waals surface area contributed by atoms with Gasteiger partial charge in [0.2, 0.25) is 0 Å². The predicted octanol–water partition coefficient (Wildman–Crippen LogP) is 23.3. The van der Waals surface area contributed by atoms with Gasteiger partial charge in [0.05, 0.1) is 0 Å². The molecule has 0 rings (SSSR count). The van der Waals surface area contributed by atoms with Crippen molar-refractivity contribution >= 4 is 17.9 Å². The van der Waals surface area contributed by atoms with Crippen LogP contribution < -0.4 is 0 Å². The molecule has 0 bridgehead atoms. The van der Waals surface area contributed by atoms with Crippen LogP contribution in [0.15, 0.2) is 48.6 Å². The van der Waals surface area contributed by atoms with Crippen molar-refractivity contribution in [3.05, 3.63) is 48.6 Å². The summed E-state index contributed by atoms with van der Waals surface area (Å²) < 4.78 is 16.9. The van der Waals surface area contributed by atoms with Crippen molar-refractivity contribution in [3.8, 4) is 0 Å². The molecule has 0 saturated carbocycles. The van der Waals surface area contributed by atoms with Crippen LogP contribution in [0.3, 0.4) is 0 Å². The van der Waals surface area contributed by atoms with E-state index in [4.69, 9.17) is 14.2 Å². The highest BCUT2D eigenvalue weighted by Crippen LogP contribution is 2.18. The fourth-order valence-corrected chi connectivity index (χ4v) is 10.3. The third kappa shape index (κ3) is 64.1. The van der Waals surface area contributed by atoms with E-state index in [9.17, 15) is 14.4 Å². The van der Waals surface area contributed by atoms with Crippen molar-refractivity contribution in [1.82, 2.24) is 0 Å². The number of allylic oxidation sites excluding steroid dienone is 8. The Morgan fingerprint density at radius 3 is 0.792 bits per heavy atom. The van der Waals surface area contributed by atoms with Crippen LogP contribution in [0, 0.1) is 0 Å². The molecule has 6 heteroatoms. The average Bonchev–Trinajstić information content (AvgIpc) is 3.43. The summed E-state index contributed by atoms with van der Waals surface area (Å²) in [5.41, 5.74) is 0. The maximum atomic E-state index is 12.9. The summed E-state index contributed by atoms with van der Waals surface area (Å²) in [5, 5.41) is 0. The van der Waals surface area contributed by atoms with Crippen molar-refractivity contribution < 1.29 is 28.6 Å². The van der Waals surface area contributed by atoms with Gasteiger partial charge in [0.15, 0.2) is 6.10 Å². The van der Waals surface area contributed by atoms with E-state index >= 15 is 0 Å². The second-order valence-corrected chi connectivity index (χ2v) is 23.1. The largest absolute Gasteiger partial charge is 0.462 e. The van der Waals surface area contributed by atoms with E-state index in [2.05, 4.69) is 69.4 Å². The lowest BCUT2D eigenvalue weighted by Crippen LogP contribution is -2.30. The molecule has 0 spiro atoms. The van der Waals surface area contributed by atoms with Crippen molar-refractivity contribution in [2.75, 3.05) is 13.2 Å². The van der Waals surface area contributed by atoms with Gasteiger partial charge >= 0.3 is 17.9 Å². The summed E-state index contributed by atoms with van der Waals surface area (Å²) in [7, 11) is 0. The molecule has 0 aliphatic carbocycles. The van der Waals surface area contributed by atoms with E-state index in [-0.39, 0.29) is 31.1 Å². The topological polar surface area (TPSA) is 78.9 Å². The Morgan fingerprint density at radius 2 is 0.506 bits per heavy atom. The highest BCUT2D eigenvalue weighted by Gasteiger charge is 2.19. The lowest BCUT2D eigenvalue weighted by atomic mass is 10.0. The van der Waals surface area contributed by atoms with Crippen molar-refractivity contribution in [3.63, 3.8) is 0 Å². The van der Waals surface area contributed by atoms with Gasteiger partial charge in [0.25, 0.3) is 0 Å². The number of hydrogen-bond acceptors (Lipinski definition) is 6. The molecule has 6 nitrogen and oxygen atoms in total. The number of rotatable bonds is 63. The highest BCUT2D eigenvalue weighted by atomic mass is 16.6. The Morgan fingerprint density at radius 1 is 0.273 bits per heavy atom. The van der Waals surface area contributed by atoms with Gasteiger partial charge in [-0.25, -0.2) is 0 Å². The minimum absolute atomic E-state index is 0.0810. The van der Waals surface area contributed by atoms with Gasteiger partial charge in [0.1, 0.15) is 13.2 Å². The molecule has 0 aliphatic rings. The first-order chi connectivity index (χ1) is 38.0. The zero-order valence-corrected chi connectivity index (χ0v) is 51.7. The number of unbranched alkanes of at least 4 members (excludes halogenated alkanes) is 44. The molecule has 0 N–H and O–H groups in total. The summed E-state index contributed by atoms with van der Waals surface area (Å²) in [6.07, 6.45) is 82.9. The second-order valence-electron chi connectivity index (χ2n) is 23.1. The quantitative estimate of drug-likeness (QED) is 0.0261. The standard InChI is InChI=1S/C71H130O6/c1-4-7-10-13-16-19-22-25-28-30-32-34-35-36-37-39-40-43-46-49-52-55-58-61-64-70(73)76-67-68(66-75-69(72)63-60-57-54-51-48-45-42-27-24-21-18-15-12-9-6-3)77-71(74)65-62-59-56-53-50-47-44-41-38-33-31-29-26-23-20-17-14-11-8-5-2/h9,12,18,21,27,42,48,51,68H,4-8,10-11,13-17,19-20,22-26,28-41,43-47,49-50,52-67H2,1-3H3/b12-9-,21-18-,42-27-,51-48-. The number of carbonyl (C=O) groups excluding carboxylic acids is 3. The normalized spacial score (nSPS) is 12.3. The number of carbonyl (C=O) groups is 3. The van der Waals surface area contributed by atoms with Crippen LogP contribution >= 0.6 is 0 Å². The zero-order chi connectivity index (χ0) is 55.7. The molecular formula is C71H130O6. The third-order valence-corrected chi connectivity index (χ3v) is 15.3. The zero-order valence-electron chi connectivity index (χ0n) is 51.7. The van der Waals surface area contributed by atoms with E-state index in [0.717, 1.165) is 83.5 Å². The van der Waals surface area contributed by atoms with Crippen molar-refractivity contribution in [2.24, 2.45) is 0 Å². The van der Waals surface area contributed by atoms with Crippen LogP contribution in [0.25, 0.3) is 0 Å². The summed E-state index contributed by atoms with van der Waals surface area (Å²) in [5.74, 6) is -0.898. The molecule has 0 fully saturated rings. The van der Waals surface area contributed by atoms with Gasteiger partial charge < -0.3 is 14.2 Å². The molecule has 450 valence electrons. The lowest BCUT2D eigenvalue weighted by Gasteiger charge is -2.18. The Kier molecular flexibility index (Phi) is 63.6. The van der Waals surface area contributed by atoms with Gasteiger partial charge in [-0.15, -0.1) is 0 Å². The number of ether oxygens (including phenoxy) is 3. The fourth-order valence-electron chi connectivity index (χ4n) is 10.3. The molecular weight excluding hydrogens is 949 g/mol. The highest BCUT2D eigenvalue weighted by molar-refractivity contribution is 5.71. The molecule has 0 aromatic heterocycles. The second kappa shape index (κ2) is 65.9. The van der Waals surface area contributed by atoms with Gasteiger partial charge in [-0.05, 0) is 57.8 Å². The maximum Gasteiger partial charge on any atom is 0.306 e. The van der Waals surface area contributed by atoms with E-state index < -0.39 is 6.10 Å². The Balaban J connectivity index is 4.29. The third-order valence-electron chi connectivity index (χ3n) is 15.3. The summed E-state index contributed by atoms with van der Waals surface area (Å²) in [6.45, 7) is 6.56. The summed E-state index contributed by atoms with van der Waals surface area (Å²) >= 11 is 0. The maximum absolute atomic E-state index is 12.9.